The predicted octanol–water partition coefficient (Wildman–Crippen LogP) is 5.86. The molecule has 0 spiro atoms. The molecule has 0 fully saturated rings. The molecule has 2 heterocycles. The SMILES string of the molecule is COc1cc2c(c(F)c1OCCCOc1c(OC)cc3sc(C(=O)CCC(=O)O[C@H](C)CN)cc3c1F)CN(C(=O)CCC(=O)OC(C)(C)C)C2. The molecule has 1 amide bonds. The first kappa shape index (κ1) is 39.3. The number of Topliss-reactive ketones (excluding diaryl/α,β-unsaturated/α-hetero) is 1. The number of amides is 1. The molecule has 2 N–H and O–H groups in total. The lowest BCUT2D eigenvalue weighted by atomic mass is 10.1. The van der Waals surface area contributed by atoms with Gasteiger partial charge in [-0.25, -0.2) is 8.78 Å². The highest BCUT2D eigenvalue weighted by atomic mass is 32.1. The maximum Gasteiger partial charge on any atom is 0.306 e. The molecule has 0 unspecified atom stereocenters. The molecule has 2 aromatic carbocycles. The fourth-order valence-corrected chi connectivity index (χ4v) is 6.34. The molecule has 278 valence electrons. The minimum atomic E-state index is -0.715. The molecule has 1 aliphatic heterocycles. The Morgan fingerprint density at radius 2 is 1.51 bits per heavy atom. The number of benzene rings is 2. The molecule has 1 aliphatic rings. The Morgan fingerprint density at radius 1 is 0.882 bits per heavy atom. The van der Waals surface area contributed by atoms with Gasteiger partial charge in [0.1, 0.15) is 11.7 Å². The number of carbonyl (C=O) groups is 4. The van der Waals surface area contributed by atoms with Crippen LogP contribution < -0.4 is 24.7 Å². The van der Waals surface area contributed by atoms with Crippen LogP contribution in [0.25, 0.3) is 10.1 Å². The summed E-state index contributed by atoms with van der Waals surface area (Å²) in [5.74, 6) is -3.05. The van der Waals surface area contributed by atoms with Crippen LogP contribution in [0, 0.1) is 11.6 Å². The van der Waals surface area contributed by atoms with Crippen molar-refractivity contribution < 1.29 is 56.4 Å². The molecule has 0 bridgehead atoms. The zero-order valence-corrected chi connectivity index (χ0v) is 30.5. The Balaban J connectivity index is 1.34. The molecule has 15 heteroatoms. The van der Waals surface area contributed by atoms with E-state index >= 15 is 8.78 Å². The van der Waals surface area contributed by atoms with Gasteiger partial charge in [-0.2, -0.15) is 0 Å². The molecule has 12 nitrogen and oxygen atoms in total. The summed E-state index contributed by atoms with van der Waals surface area (Å²) in [4.78, 5) is 51.3. The fraction of sp³-hybridized carbons (Fsp3) is 0.500. The van der Waals surface area contributed by atoms with Crippen LogP contribution in [-0.2, 0) is 36.9 Å². The quantitative estimate of drug-likeness (QED) is 0.101. The normalized spacial score (nSPS) is 13.1. The first-order valence-corrected chi connectivity index (χ1v) is 17.3. The van der Waals surface area contributed by atoms with Gasteiger partial charge in [0, 0.05) is 60.6 Å². The summed E-state index contributed by atoms with van der Waals surface area (Å²) in [7, 11) is 2.74. The molecule has 1 aromatic heterocycles. The summed E-state index contributed by atoms with van der Waals surface area (Å²) < 4.78 is 64.4. The summed E-state index contributed by atoms with van der Waals surface area (Å²) >= 11 is 1.07. The minimum Gasteiger partial charge on any atom is -0.493 e. The van der Waals surface area contributed by atoms with E-state index in [1.807, 2.05) is 0 Å². The third kappa shape index (κ3) is 10.1. The second-order valence-corrected chi connectivity index (χ2v) is 14.0. The number of esters is 2. The largest absolute Gasteiger partial charge is 0.493 e. The lowest BCUT2D eigenvalue weighted by Crippen LogP contribution is -2.28. The molecule has 1 atom stereocenters. The molecule has 0 radical (unpaired) electrons. The smallest absolute Gasteiger partial charge is 0.306 e. The molecule has 3 aromatic rings. The zero-order valence-electron chi connectivity index (χ0n) is 29.7. The van der Waals surface area contributed by atoms with Crippen LogP contribution in [0.1, 0.15) is 80.6 Å². The number of carbonyl (C=O) groups excluding carboxylic acids is 4. The van der Waals surface area contributed by atoms with Gasteiger partial charge in [-0.05, 0) is 45.4 Å². The highest BCUT2D eigenvalue weighted by Crippen LogP contribution is 2.41. The average molecular weight is 735 g/mol. The number of thiophene rings is 1. The second kappa shape index (κ2) is 17.1. The van der Waals surface area contributed by atoms with E-state index in [0.29, 0.717) is 15.8 Å². The summed E-state index contributed by atoms with van der Waals surface area (Å²) in [5.41, 5.74) is 5.66. The van der Waals surface area contributed by atoms with Gasteiger partial charge < -0.3 is 39.1 Å². The Labute approximate surface area is 299 Å². The van der Waals surface area contributed by atoms with Crippen LogP contribution in [0.2, 0.25) is 0 Å². The number of halogens is 2. The topological polar surface area (TPSA) is 153 Å². The predicted molar refractivity (Wildman–Crippen MR) is 184 cm³/mol. The number of methoxy groups -OCH3 is 2. The monoisotopic (exact) mass is 734 g/mol. The molecule has 4 rings (SSSR count). The third-order valence-corrected chi connectivity index (χ3v) is 8.93. The van der Waals surface area contributed by atoms with E-state index in [1.54, 1.807) is 39.8 Å². The maximum atomic E-state index is 15.7. The Kier molecular flexibility index (Phi) is 13.2. The van der Waals surface area contributed by atoms with E-state index in [0.717, 1.165) is 11.3 Å². The molecule has 0 saturated heterocycles. The maximum absolute atomic E-state index is 15.7. The van der Waals surface area contributed by atoms with Gasteiger partial charge >= 0.3 is 11.9 Å². The van der Waals surface area contributed by atoms with Crippen LogP contribution in [-0.4, -0.2) is 74.2 Å². The highest BCUT2D eigenvalue weighted by molar-refractivity contribution is 7.20. The molecular formula is C36H44F2N2O10S. The molecule has 51 heavy (non-hydrogen) atoms. The summed E-state index contributed by atoms with van der Waals surface area (Å²) in [6.45, 7) is 7.18. The van der Waals surface area contributed by atoms with Crippen molar-refractivity contribution in [3.05, 3.63) is 45.8 Å². The standard InChI is InChI=1S/C36H44F2N2O10S/c1-20(17-39)49-30(43)10-8-24(41)28-15-22-27(51-28)16-26(46-6)35(32(22)37)48-13-7-12-47-34-25(45-5)14-21-18-40(19-23(21)33(34)38)29(42)9-11-31(44)50-36(2,3)4/h14-16,20H,7-13,17-19,39H2,1-6H3/t20-/m1/s1. The lowest BCUT2D eigenvalue weighted by Gasteiger charge is -2.20. The minimum absolute atomic E-state index is 0.00976. The van der Waals surface area contributed by atoms with Crippen molar-refractivity contribution in [3.8, 4) is 23.0 Å². The Bertz CT molecular complexity index is 1770. The molecular weight excluding hydrogens is 690 g/mol. The van der Waals surface area contributed by atoms with Crippen molar-refractivity contribution in [2.45, 2.75) is 84.6 Å². The van der Waals surface area contributed by atoms with Gasteiger partial charge in [-0.15, -0.1) is 11.3 Å². The number of hydrogen-bond donors (Lipinski definition) is 1. The highest BCUT2D eigenvalue weighted by Gasteiger charge is 2.31. The van der Waals surface area contributed by atoms with Gasteiger partial charge in [0.25, 0.3) is 0 Å². The third-order valence-electron chi connectivity index (χ3n) is 7.81. The van der Waals surface area contributed by atoms with Crippen molar-refractivity contribution in [1.82, 2.24) is 4.90 Å². The van der Waals surface area contributed by atoms with Gasteiger partial charge in [-0.3, -0.25) is 19.2 Å². The van der Waals surface area contributed by atoms with E-state index < -0.39 is 35.3 Å². The fourth-order valence-electron chi connectivity index (χ4n) is 5.28. The van der Waals surface area contributed by atoms with E-state index in [-0.39, 0.29) is 110 Å². The molecule has 0 saturated carbocycles. The average Bonchev–Trinajstić information content (AvgIpc) is 3.72. The summed E-state index contributed by atoms with van der Waals surface area (Å²) in [6.07, 6.45) is -0.618. The molecule has 0 aliphatic carbocycles. The van der Waals surface area contributed by atoms with Crippen molar-refractivity contribution in [2.24, 2.45) is 5.73 Å². The van der Waals surface area contributed by atoms with Crippen molar-refractivity contribution in [1.29, 1.82) is 0 Å². The summed E-state index contributed by atoms with van der Waals surface area (Å²) in [5, 5.41) is 0.164. The van der Waals surface area contributed by atoms with E-state index in [4.69, 9.17) is 34.2 Å². The van der Waals surface area contributed by atoms with Crippen LogP contribution in [0.5, 0.6) is 23.0 Å². The number of nitrogens with two attached hydrogens (primary N) is 1. The number of fused-ring (bicyclic) bond motifs is 2. The number of rotatable bonds is 17. The summed E-state index contributed by atoms with van der Waals surface area (Å²) in [6, 6.07) is 4.60. The zero-order chi connectivity index (χ0) is 37.5. The van der Waals surface area contributed by atoms with Crippen LogP contribution >= 0.6 is 11.3 Å². The number of ether oxygens (including phenoxy) is 6. The van der Waals surface area contributed by atoms with Crippen LogP contribution in [0.15, 0.2) is 18.2 Å². The number of hydrogen-bond acceptors (Lipinski definition) is 12. The Hall–Kier alpha value is -4.50. The first-order valence-electron chi connectivity index (χ1n) is 16.5. The van der Waals surface area contributed by atoms with Crippen molar-refractivity contribution in [3.63, 3.8) is 0 Å². The number of ketones is 1. The van der Waals surface area contributed by atoms with Gasteiger partial charge in [0.05, 0.1) is 45.2 Å². The number of nitrogens with zero attached hydrogens (tertiary/aromatic N) is 1. The van der Waals surface area contributed by atoms with Gasteiger partial charge in [-0.1, -0.05) is 0 Å². The first-order chi connectivity index (χ1) is 24.1. The Morgan fingerprint density at radius 3 is 2.14 bits per heavy atom. The van der Waals surface area contributed by atoms with Crippen molar-refractivity contribution in [2.75, 3.05) is 34.0 Å². The van der Waals surface area contributed by atoms with E-state index in [2.05, 4.69) is 0 Å². The van der Waals surface area contributed by atoms with Crippen LogP contribution in [0.3, 0.4) is 0 Å². The lowest BCUT2D eigenvalue weighted by molar-refractivity contribution is -0.156. The van der Waals surface area contributed by atoms with E-state index in [1.165, 1.54) is 25.2 Å². The van der Waals surface area contributed by atoms with Crippen LogP contribution in [0.4, 0.5) is 8.78 Å². The van der Waals surface area contributed by atoms with E-state index in [9.17, 15) is 19.2 Å². The van der Waals surface area contributed by atoms with Gasteiger partial charge in [0.2, 0.25) is 5.91 Å². The van der Waals surface area contributed by atoms with Crippen molar-refractivity contribution >= 4 is 45.1 Å². The van der Waals surface area contributed by atoms with Gasteiger partial charge in [0.15, 0.2) is 40.4 Å². The second-order valence-electron chi connectivity index (χ2n) is 13.0.